The zero-order valence-corrected chi connectivity index (χ0v) is 12.1. The Hall–Kier alpha value is -2.89. The van der Waals surface area contributed by atoms with Gasteiger partial charge in [-0.1, -0.05) is 12.1 Å². The van der Waals surface area contributed by atoms with E-state index in [2.05, 4.69) is 10.6 Å². The van der Waals surface area contributed by atoms with Crippen LogP contribution < -0.4 is 15.4 Å². The maximum Gasteiger partial charge on any atom is 0.259 e. The highest BCUT2D eigenvalue weighted by atomic mass is 19.1. The van der Waals surface area contributed by atoms with Gasteiger partial charge >= 0.3 is 0 Å². The van der Waals surface area contributed by atoms with Crippen molar-refractivity contribution < 1.29 is 18.7 Å². The molecule has 114 valence electrons. The maximum atomic E-state index is 13.6. The van der Waals surface area contributed by atoms with Gasteiger partial charge in [0.25, 0.3) is 5.91 Å². The summed E-state index contributed by atoms with van der Waals surface area (Å²) in [7, 11) is 1.42. The third-order valence-electron chi connectivity index (χ3n) is 2.89. The van der Waals surface area contributed by atoms with Crippen LogP contribution >= 0.6 is 0 Å². The number of carbonyl (C=O) groups excluding carboxylic acids is 2. The van der Waals surface area contributed by atoms with Crippen LogP contribution in [0.25, 0.3) is 0 Å². The van der Waals surface area contributed by atoms with Crippen molar-refractivity contribution >= 4 is 23.2 Å². The van der Waals surface area contributed by atoms with Crippen molar-refractivity contribution in [3.8, 4) is 5.75 Å². The van der Waals surface area contributed by atoms with Crippen LogP contribution in [0.5, 0.6) is 5.75 Å². The number of hydrogen-bond donors (Lipinski definition) is 2. The van der Waals surface area contributed by atoms with E-state index >= 15 is 0 Å². The van der Waals surface area contributed by atoms with Crippen LogP contribution in [0, 0.1) is 5.82 Å². The van der Waals surface area contributed by atoms with E-state index in [9.17, 15) is 14.0 Å². The molecule has 0 unspecified atom stereocenters. The Balaban J connectivity index is 2.31. The minimum absolute atomic E-state index is 0.0690. The highest BCUT2D eigenvalue weighted by Gasteiger charge is 2.15. The Morgan fingerprint density at radius 1 is 1.09 bits per heavy atom. The van der Waals surface area contributed by atoms with Gasteiger partial charge in [0.05, 0.1) is 18.4 Å². The summed E-state index contributed by atoms with van der Waals surface area (Å²) >= 11 is 0. The van der Waals surface area contributed by atoms with Gasteiger partial charge in [-0.3, -0.25) is 9.59 Å². The highest BCUT2D eigenvalue weighted by molar-refractivity contribution is 6.07. The van der Waals surface area contributed by atoms with E-state index in [1.54, 1.807) is 18.2 Å². The van der Waals surface area contributed by atoms with Gasteiger partial charge in [0.1, 0.15) is 11.6 Å². The highest BCUT2D eigenvalue weighted by Crippen LogP contribution is 2.24. The second kappa shape index (κ2) is 6.71. The second-order valence-electron chi connectivity index (χ2n) is 4.53. The first-order valence-corrected chi connectivity index (χ1v) is 6.52. The van der Waals surface area contributed by atoms with Gasteiger partial charge < -0.3 is 15.4 Å². The third kappa shape index (κ3) is 3.60. The molecule has 0 heterocycles. The second-order valence-corrected chi connectivity index (χ2v) is 4.53. The van der Waals surface area contributed by atoms with Crippen molar-refractivity contribution in [2.75, 3.05) is 17.7 Å². The molecule has 6 heteroatoms. The number of benzene rings is 2. The molecule has 2 N–H and O–H groups in total. The van der Waals surface area contributed by atoms with Crippen molar-refractivity contribution in [2.24, 2.45) is 0 Å². The lowest BCUT2D eigenvalue weighted by molar-refractivity contribution is -0.114. The molecule has 0 radical (unpaired) electrons. The van der Waals surface area contributed by atoms with Crippen LogP contribution in [0.15, 0.2) is 42.5 Å². The number of rotatable bonds is 4. The number of amides is 2. The van der Waals surface area contributed by atoms with E-state index < -0.39 is 11.7 Å². The molecule has 0 aromatic heterocycles. The first-order chi connectivity index (χ1) is 10.5. The molecule has 5 nitrogen and oxygen atoms in total. The van der Waals surface area contributed by atoms with Crippen LogP contribution in [-0.4, -0.2) is 18.9 Å². The van der Waals surface area contributed by atoms with Gasteiger partial charge in [-0.15, -0.1) is 0 Å². The Bertz CT molecular complexity index is 716. The molecule has 0 atom stereocenters. The van der Waals surface area contributed by atoms with Gasteiger partial charge in [-0.05, 0) is 30.3 Å². The minimum Gasteiger partial charge on any atom is -0.496 e. The topological polar surface area (TPSA) is 67.4 Å². The molecule has 22 heavy (non-hydrogen) atoms. The zero-order chi connectivity index (χ0) is 16.1. The molecule has 2 aromatic carbocycles. The van der Waals surface area contributed by atoms with Gasteiger partial charge in [-0.2, -0.15) is 0 Å². The standard InChI is InChI=1S/C16H15FN2O3/c1-10(20)18-11-7-8-15(22-2)12(9-11)16(21)19-14-6-4-3-5-13(14)17/h3-9H,1-2H3,(H,18,20)(H,19,21). The molecule has 0 aliphatic heterocycles. The van der Waals surface area contributed by atoms with Crippen molar-refractivity contribution in [2.45, 2.75) is 6.92 Å². The van der Waals surface area contributed by atoms with E-state index in [1.165, 1.54) is 38.3 Å². The minimum atomic E-state index is -0.534. The fraction of sp³-hybridized carbons (Fsp3) is 0.125. The maximum absolute atomic E-state index is 13.6. The lowest BCUT2D eigenvalue weighted by Crippen LogP contribution is -2.15. The summed E-state index contributed by atoms with van der Waals surface area (Å²) in [5.74, 6) is -1.00. The monoisotopic (exact) mass is 302 g/mol. The number of para-hydroxylation sites is 1. The van der Waals surface area contributed by atoms with Crippen LogP contribution in [0.4, 0.5) is 15.8 Å². The van der Waals surface area contributed by atoms with Crippen molar-refractivity contribution in [1.82, 2.24) is 0 Å². The lowest BCUT2D eigenvalue weighted by Gasteiger charge is -2.12. The molecule has 0 fully saturated rings. The van der Waals surface area contributed by atoms with Crippen molar-refractivity contribution in [3.63, 3.8) is 0 Å². The molecular formula is C16H15FN2O3. The van der Waals surface area contributed by atoms with Gasteiger partial charge in [0, 0.05) is 12.6 Å². The van der Waals surface area contributed by atoms with Gasteiger partial charge in [0.2, 0.25) is 5.91 Å². The first kappa shape index (κ1) is 15.5. The molecule has 0 spiro atoms. The molecule has 2 aromatic rings. The summed E-state index contributed by atoms with van der Waals surface area (Å²) in [6.45, 7) is 1.36. The first-order valence-electron chi connectivity index (χ1n) is 6.52. The SMILES string of the molecule is COc1ccc(NC(C)=O)cc1C(=O)Nc1ccccc1F. The summed E-state index contributed by atoms with van der Waals surface area (Å²) in [4.78, 5) is 23.4. The Morgan fingerprint density at radius 3 is 2.45 bits per heavy atom. The summed E-state index contributed by atoms with van der Waals surface area (Å²) in [6.07, 6.45) is 0. The number of anilines is 2. The Kier molecular flexibility index (Phi) is 4.73. The normalized spacial score (nSPS) is 9.95. The number of carbonyl (C=O) groups is 2. The lowest BCUT2D eigenvalue weighted by atomic mass is 10.1. The largest absolute Gasteiger partial charge is 0.496 e. The van der Waals surface area contributed by atoms with Gasteiger partial charge in [0.15, 0.2) is 0 Å². The van der Waals surface area contributed by atoms with Gasteiger partial charge in [-0.25, -0.2) is 4.39 Å². The van der Waals surface area contributed by atoms with Crippen LogP contribution in [0.3, 0.4) is 0 Å². The average molecular weight is 302 g/mol. The summed E-state index contributed by atoms with van der Waals surface area (Å²) < 4.78 is 18.7. The van der Waals surface area contributed by atoms with Crippen LogP contribution in [0.1, 0.15) is 17.3 Å². The third-order valence-corrected chi connectivity index (χ3v) is 2.89. The fourth-order valence-electron chi connectivity index (χ4n) is 1.92. The smallest absolute Gasteiger partial charge is 0.259 e. The van der Waals surface area contributed by atoms with E-state index in [4.69, 9.17) is 4.74 Å². The predicted molar refractivity (Wildman–Crippen MR) is 81.7 cm³/mol. The average Bonchev–Trinajstić information content (AvgIpc) is 2.49. The molecular weight excluding hydrogens is 287 g/mol. The number of nitrogens with one attached hydrogen (secondary N) is 2. The number of halogens is 1. The molecule has 0 aliphatic carbocycles. The van der Waals surface area contributed by atoms with E-state index in [0.29, 0.717) is 11.4 Å². The summed E-state index contributed by atoms with van der Waals surface area (Å²) in [6, 6.07) is 10.5. The van der Waals surface area contributed by atoms with E-state index in [0.717, 1.165) is 0 Å². The van der Waals surface area contributed by atoms with Crippen molar-refractivity contribution in [3.05, 3.63) is 53.8 Å². The Morgan fingerprint density at radius 2 is 1.82 bits per heavy atom. The number of methoxy groups -OCH3 is 1. The number of ether oxygens (including phenoxy) is 1. The molecule has 2 rings (SSSR count). The van der Waals surface area contributed by atoms with Crippen molar-refractivity contribution in [1.29, 1.82) is 0 Å². The molecule has 0 saturated carbocycles. The quantitative estimate of drug-likeness (QED) is 0.912. The van der Waals surface area contributed by atoms with E-state index in [-0.39, 0.29) is 17.2 Å². The summed E-state index contributed by atoms with van der Waals surface area (Å²) in [5.41, 5.74) is 0.712. The van der Waals surface area contributed by atoms with E-state index in [1.807, 2.05) is 0 Å². The zero-order valence-electron chi connectivity index (χ0n) is 12.1. The molecule has 0 saturated heterocycles. The van der Waals surface area contributed by atoms with Crippen LogP contribution in [-0.2, 0) is 4.79 Å². The molecule has 0 aliphatic rings. The Labute approximate surface area is 127 Å². The van der Waals surface area contributed by atoms with Crippen LogP contribution in [0.2, 0.25) is 0 Å². The molecule has 0 bridgehead atoms. The number of hydrogen-bond acceptors (Lipinski definition) is 3. The summed E-state index contributed by atoms with van der Waals surface area (Å²) in [5, 5.41) is 5.05. The molecule has 2 amide bonds. The fourth-order valence-corrected chi connectivity index (χ4v) is 1.92. The predicted octanol–water partition coefficient (Wildman–Crippen LogP) is 3.05.